The van der Waals surface area contributed by atoms with E-state index in [0.717, 1.165) is 6.42 Å². The van der Waals surface area contributed by atoms with Crippen molar-refractivity contribution in [3.8, 4) is 0 Å². The fourth-order valence-electron chi connectivity index (χ4n) is 1.36. The van der Waals surface area contributed by atoms with Crippen molar-refractivity contribution in [2.75, 3.05) is 7.05 Å². The first kappa shape index (κ1) is 6.55. The molecule has 0 aromatic rings. The SMILES string of the molecule is C[N+]12C=CC=CC1=CCC=N2. The molecule has 56 valence electrons. The molecule has 0 saturated carbocycles. The van der Waals surface area contributed by atoms with E-state index in [9.17, 15) is 0 Å². The second kappa shape index (κ2) is 2.17. The molecule has 0 aliphatic carbocycles. The number of allylic oxidation sites excluding steroid dienone is 4. The Morgan fingerprint density at radius 3 is 3.18 bits per heavy atom. The van der Waals surface area contributed by atoms with Gasteiger partial charge in [0.2, 0.25) is 0 Å². The highest BCUT2D eigenvalue weighted by atomic mass is 15.6. The normalized spacial score (nSPS) is 33.4. The van der Waals surface area contributed by atoms with Crippen LogP contribution in [-0.2, 0) is 0 Å². The maximum Gasteiger partial charge on any atom is 0.160 e. The van der Waals surface area contributed by atoms with Gasteiger partial charge in [0.05, 0.1) is 6.21 Å². The van der Waals surface area contributed by atoms with Crippen LogP contribution in [0.4, 0.5) is 0 Å². The molecule has 1 unspecified atom stereocenters. The minimum atomic E-state index is 0.580. The minimum absolute atomic E-state index is 0.580. The molecule has 2 heterocycles. The maximum atomic E-state index is 4.39. The first-order valence-electron chi connectivity index (χ1n) is 3.78. The number of hydrogen-bond donors (Lipinski definition) is 0. The summed E-state index contributed by atoms with van der Waals surface area (Å²) < 4.78 is 0.580. The zero-order valence-corrected chi connectivity index (χ0v) is 6.57. The van der Waals surface area contributed by atoms with Gasteiger partial charge in [-0.05, 0) is 12.2 Å². The standard InChI is InChI=1S/C9H11N2/c1-11-8-3-2-5-9(11)6-4-7-10-11/h2-3,5-8H,4H2,1H3/q+1. The van der Waals surface area contributed by atoms with Crippen LogP contribution in [0.3, 0.4) is 0 Å². The number of nitrogens with zero attached hydrogens (tertiary/aromatic N) is 2. The van der Waals surface area contributed by atoms with Crippen molar-refractivity contribution in [1.82, 2.24) is 0 Å². The van der Waals surface area contributed by atoms with Crippen LogP contribution in [0.25, 0.3) is 0 Å². The van der Waals surface area contributed by atoms with E-state index in [1.165, 1.54) is 5.70 Å². The lowest BCUT2D eigenvalue weighted by molar-refractivity contribution is -0.825. The molecule has 2 nitrogen and oxygen atoms in total. The zero-order valence-electron chi connectivity index (χ0n) is 6.57. The summed E-state index contributed by atoms with van der Waals surface area (Å²) >= 11 is 0. The fraction of sp³-hybridized carbons (Fsp3) is 0.222. The topological polar surface area (TPSA) is 12.4 Å². The largest absolute Gasteiger partial charge is 0.160 e. The average molecular weight is 147 g/mol. The van der Waals surface area contributed by atoms with Crippen LogP contribution in [-0.4, -0.2) is 17.9 Å². The summed E-state index contributed by atoms with van der Waals surface area (Å²) in [6.07, 6.45) is 13.4. The molecule has 0 amide bonds. The van der Waals surface area contributed by atoms with Crippen LogP contribution in [0.5, 0.6) is 0 Å². The molecule has 0 fully saturated rings. The molecule has 0 spiro atoms. The van der Waals surface area contributed by atoms with Crippen molar-refractivity contribution in [2.24, 2.45) is 5.10 Å². The third kappa shape index (κ3) is 0.955. The zero-order chi connectivity index (χ0) is 7.73. The van der Waals surface area contributed by atoms with Gasteiger partial charge in [0.25, 0.3) is 0 Å². The van der Waals surface area contributed by atoms with E-state index in [1.807, 2.05) is 18.4 Å². The van der Waals surface area contributed by atoms with Gasteiger partial charge >= 0.3 is 0 Å². The molecule has 2 heteroatoms. The lowest BCUT2D eigenvalue weighted by Gasteiger charge is -2.26. The Labute approximate surface area is 66.4 Å². The van der Waals surface area contributed by atoms with Crippen LogP contribution >= 0.6 is 0 Å². The van der Waals surface area contributed by atoms with Crippen LogP contribution < -0.4 is 0 Å². The van der Waals surface area contributed by atoms with Gasteiger partial charge in [0.15, 0.2) is 5.70 Å². The van der Waals surface area contributed by atoms with Crippen molar-refractivity contribution in [3.05, 3.63) is 36.2 Å². The van der Waals surface area contributed by atoms with Crippen molar-refractivity contribution in [2.45, 2.75) is 6.42 Å². The van der Waals surface area contributed by atoms with Crippen LogP contribution in [0.15, 0.2) is 41.3 Å². The van der Waals surface area contributed by atoms with Crippen LogP contribution in [0.2, 0.25) is 0 Å². The van der Waals surface area contributed by atoms with Gasteiger partial charge in [-0.15, -0.1) is 4.59 Å². The van der Waals surface area contributed by atoms with Crippen molar-refractivity contribution in [1.29, 1.82) is 0 Å². The summed E-state index contributed by atoms with van der Waals surface area (Å²) in [6, 6.07) is 0. The summed E-state index contributed by atoms with van der Waals surface area (Å²) in [4.78, 5) is 0. The Balaban J connectivity index is 2.45. The second-order valence-electron chi connectivity index (χ2n) is 2.89. The molecule has 0 aromatic carbocycles. The lowest BCUT2D eigenvalue weighted by Crippen LogP contribution is -2.33. The smallest absolute Gasteiger partial charge is 0.143 e. The monoisotopic (exact) mass is 147 g/mol. The Morgan fingerprint density at radius 2 is 2.36 bits per heavy atom. The van der Waals surface area contributed by atoms with E-state index in [0.29, 0.717) is 4.59 Å². The van der Waals surface area contributed by atoms with Gasteiger partial charge in [-0.2, -0.15) is 0 Å². The molecule has 0 aromatic heterocycles. The van der Waals surface area contributed by atoms with Gasteiger partial charge in [0, 0.05) is 12.5 Å². The predicted octanol–water partition coefficient (Wildman–Crippen LogP) is 1.79. The molecule has 0 saturated heterocycles. The number of rotatable bonds is 0. The van der Waals surface area contributed by atoms with Crippen molar-refractivity contribution >= 4 is 6.21 Å². The van der Waals surface area contributed by atoms with Gasteiger partial charge in [0.1, 0.15) is 13.2 Å². The Hall–Kier alpha value is -1.15. The summed E-state index contributed by atoms with van der Waals surface area (Å²) in [5.41, 5.74) is 1.26. The van der Waals surface area contributed by atoms with E-state index in [-0.39, 0.29) is 0 Å². The van der Waals surface area contributed by atoms with E-state index in [2.05, 4.69) is 30.5 Å². The van der Waals surface area contributed by atoms with E-state index < -0.39 is 0 Å². The third-order valence-corrected chi connectivity index (χ3v) is 2.03. The Bertz CT molecular complexity index is 284. The maximum absolute atomic E-state index is 4.39. The lowest BCUT2D eigenvalue weighted by atomic mass is 10.2. The molecule has 2 aliphatic heterocycles. The van der Waals surface area contributed by atoms with Gasteiger partial charge in [-0.3, -0.25) is 0 Å². The first-order valence-corrected chi connectivity index (χ1v) is 3.78. The molecule has 2 aliphatic rings. The highest BCUT2D eigenvalue weighted by Crippen LogP contribution is 2.24. The Morgan fingerprint density at radius 1 is 1.45 bits per heavy atom. The molecular weight excluding hydrogens is 136 g/mol. The molecular formula is C9H11N2+. The van der Waals surface area contributed by atoms with Gasteiger partial charge < -0.3 is 0 Å². The quantitative estimate of drug-likeness (QED) is 0.463. The highest BCUT2D eigenvalue weighted by Gasteiger charge is 2.26. The number of fused-ring (bicyclic) bond motifs is 1. The molecule has 0 N–H and O–H groups in total. The van der Waals surface area contributed by atoms with Crippen molar-refractivity contribution < 1.29 is 4.59 Å². The van der Waals surface area contributed by atoms with Crippen LogP contribution in [0, 0.1) is 0 Å². The number of quaternary nitrogens is 1. The third-order valence-electron chi connectivity index (χ3n) is 2.03. The van der Waals surface area contributed by atoms with Gasteiger partial charge in [-0.1, -0.05) is 11.2 Å². The van der Waals surface area contributed by atoms with Crippen molar-refractivity contribution in [3.63, 3.8) is 0 Å². The number of likely N-dealkylation sites (N-methyl/N-ethyl adjacent to an activating group) is 1. The minimum Gasteiger partial charge on any atom is -0.143 e. The molecule has 2 rings (SSSR count). The fourth-order valence-corrected chi connectivity index (χ4v) is 1.36. The van der Waals surface area contributed by atoms with Gasteiger partial charge in [-0.25, -0.2) is 0 Å². The van der Waals surface area contributed by atoms with E-state index in [1.54, 1.807) is 0 Å². The molecule has 0 radical (unpaired) electrons. The van der Waals surface area contributed by atoms with E-state index >= 15 is 0 Å². The first-order chi connectivity index (χ1) is 5.31. The molecule has 11 heavy (non-hydrogen) atoms. The van der Waals surface area contributed by atoms with E-state index in [4.69, 9.17) is 0 Å². The molecule has 1 atom stereocenters. The second-order valence-corrected chi connectivity index (χ2v) is 2.89. The average Bonchev–Trinajstić information content (AvgIpc) is 2.03. The summed E-state index contributed by atoms with van der Waals surface area (Å²) in [5.74, 6) is 0. The number of hydrogen-bond acceptors (Lipinski definition) is 1. The summed E-state index contributed by atoms with van der Waals surface area (Å²) in [6.45, 7) is 0. The van der Waals surface area contributed by atoms with Crippen LogP contribution in [0.1, 0.15) is 6.42 Å². The summed E-state index contributed by atoms with van der Waals surface area (Å²) in [5, 5.41) is 4.39. The Kier molecular flexibility index (Phi) is 1.29. The summed E-state index contributed by atoms with van der Waals surface area (Å²) in [7, 11) is 2.07. The highest BCUT2D eigenvalue weighted by molar-refractivity contribution is 5.60. The molecule has 0 bridgehead atoms. The predicted molar refractivity (Wildman–Crippen MR) is 45.7 cm³/mol.